The first kappa shape index (κ1) is 13.0. The normalized spacial score (nSPS) is 10.9. The number of aryl methyl sites for hydroxylation is 1. The van der Waals surface area contributed by atoms with Gasteiger partial charge in [0.15, 0.2) is 5.65 Å². The minimum atomic E-state index is -0.490. The van der Waals surface area contributed by atoms with Crippen molar-refractivity contribution in [2.24, 2.45) is 0 Å². The van der Waals surface area contributed by atoms with E-state index in [1.165, 1.54) is 12.1 Å². The molecule has 0 atom stereocenters. The minimum absolute atomic E-state index is 0.116. The summed E-state index contributed by atoms with van der Waals surface area (Å²) in [5, 5.41) is 11.0. The summed E-state index contributed by atoms with van der Waals surface area (Å²) in [6.07, 6.45) is 1.70. The number of hydrogen-bond acceptors (Lipinski definition) is 5. The Morgan fingerprint density at radius 1 is 1.38 bits per heavy atom. The monoisotopic (exact) mass is 283 g/mol. The zero-order valence-electron chi connectivity index (χ0n) is 11.4. The quantitative estimate of drug-likeness (QED) is 0.452. The van der Waals surface area contributed by atoms with Gasteiger partial charge in [0, 0.05) is 24.4 Å². The number of anilines is 1. The Morgan fingerprint density at radius 2 is 2.19 bits per heavy atom. The lowest BCUT2D eigenvalue weighted by atomic mass is 10.1. The second-order valence-corrected chi connectivity index (χ2v) is 4.56. The summed E-state index contributed by atoms with van der Waals surface area (Å²) in [6, 6.07) is 8.38. The fourth-order valence-electron chi connectivity index (χ4n) is 2.32. The molecule has 0 spiro atoms. The number of nitro benzene ring substituents is 1. The van der Waals surface area contributed by atoms with Crippen LogP contribution in [-0.2, 0) is 6.54 Å². The summed E-state index contributed by atoms with van der Waals surface area (Å²) >= 11 is 0. The lowest BCUT2D eigenvalue weighted by molar-refractivity contribution is -0.383. The molecule has 0 aliphatic heterocycles. The molecule has 2 aromatic heterocycles. The summed E-state index contributed by atoms with van der Waals surface area (Å²) < 4.78 is 1.92. The Labute approximate surface area is 120 Å². The van der Waals surface area contributed by atoms with Crippen molar-refractivity contribution in [3.8, 4) is 11.4 Å². The van der Waals surface area contributed by atoms with E-state index in [1.807, 2.05) is 23.6 Å². The van der Waals surface area contributed by atoms with Gasteiger partial charge in [0.2, 0.25) is 0 Å². The highest BCUT2D eigenvalue weighted by molar-refractivity contribution is 5.78. The summed E-state index contributed by atoms with van der Waals surface area (Å²) in [7, 11) is 0. The van der Waals surface area contributed by atoms with E-state index >= 15 is 0 Å². The zero-order valence-corrected chi connectivity index (χ0v) is 11.4. The number of hydrogen-bond donors (Lipinski definition) is 1. The van der Waals surface area contributed by atoms with Crippen molar-refractivity contribution in [2.45, 2.75) is 13.5 Å². The van der Waals surface area contributed by atoms with Gasteiger partial charge in [-0.2, -0.15) is 0 Å². The summed E-state index contributed by atoms with van der Waals surface area (Å²) in [4.78, 5) is 19.4. The Bertz CT molecular complexity index is 840. The number of rotatable bonds is 3. The molecule has 3 aromatic rings. The van der Waals surface area contributed by atoms with Gasteiger partial charge in [-0.05, 0) is 31.2 Å². The Morgan fingerprint density at radius 3 is 2.90 bits per heavy atom. The maximum absolute atomic E-state index is 11.0. The number of nitro groups is 1. The number of nitrogen functional groups attached to an aromatic ring is 1. The fourth-order valence-corrected chi connectivity index (χ4v) is 2.32. The average molecular weight is 283 g/mol. The summed E-state index contributed by atoms with van der Waals surface area (Å²) in [5.41, 5.74) is 7.82. The first-order valence-corrected chi connectivity index (χ1v) is 6.47. The van der Waals surface area contributed by atoms with Crippen LogP contribution in [0, 0.1) is 10.1 Å². The van der Waals surface area contributed by atoms with E-state index in [0.717, 1.165) is 11.2 Å². The van der Waals surface area contributed by atoms with E-state index in [2.05, 4.69) is 9.97 Å². The summed E-state index contributed by atoms with van der Waals surface area (Å²) in [6.45, 7) is 2.64. The van der Waals surface area contributed by atoms with Crippen LogP contribution < -0.4 is 5.73 Å². The van der Waals surface area contributed by atoms with Gasteiger partial charge in [-0.1, -0.05) is 0 Å². The molecule has 7 heteroatoms. The van der Waals surface area contributed by atoms with Gasteiger partial charge in [-0.3, -0.25) is 10.1 Å². The van der Waals surface area contributed by atoms with E-state index in [0.29, 0.717) is 17.9 Å². The molecule has 0 radical (unpaired) electrons. The molecule has 0 amide bonds. The highest BCUT2D eigenvalue weighted by Gasteiger charge is 2.17. The van der Waals surface area contributed by atoms with Crippen molar-refractivity contribution in [1.29, 1.82) is 0 Å². The Kier molecular flexibility index (Phi) is 3.02. The number of benzene rings is 1. The molecule has 0 saturated heterocycles. The molecule has 21 heavy (non-hydrogen) atoms. The molecule has 0 fully saturated rings. The molecule has 0 bridgehead atoms. The maximum atomic E-state index is 11.0. The molecular formula is C14H13N5O2. The molecule has 3 rings (SSSR count). The fraction of sp³-hybridized carbons (Fsp3) is 0.143. The van der Waals surface area contributed by atoms with Crippen molar-refractivity contribution in [3.05, 3.63) is 46.6 Å². The maximum Gasteiger partial charge on any atom is 0.292 e. The van der Waals surface area contributed by atoms with Crippen LogP contribution in [0.4, 0.5) is 11.4 Å². The standard InChI is InChI=1S/C14H13N5O2/c1-2-18-13(17-11-4-3-7-16-14(11)18)9-5-6-10(15)12(8-9)19(20)21/h3-8H,2,15H2,1H3. The van der Waals surface area contributed by atoms with Crippen LogP contribution in [0.25, 0.3) is 22.6 Å². The van der Waals surface area contributed by atoms with E-state index in [4.69, 9.17) is 5.73 Å². The van der Waals surface area contributed by atoms with Gasteiger partial charge in [0.05, 0.1) is 4.92 Å². The molecule has 0 aliphatic rings. The van der Waals surface area contributed by atoms with Crippen LogP contribution in [-0.4, -0.2) is 19.5 Å². The molecule has 0 saturated carbocycles. The molecule has 2 heterocycles. The van der Waals surface area contributed by atoms with E-state index in [-0.39, 0.29) is 11.4 Å². The minimum Gasteiger partial charge on any atom is -0.393 e. The van der Waals surface area contributed by atoms with Crippen LogP contribution in [0.1, 0.15) is 6.92 Å². The third kappa shape index (κ3) is 2.08. The first-order valence-electron chi connectivity index (χ1n) is 6.47. The number of imidazole rings is 1. The van der Waals surface area contributed by atoms with E-state index < -0.39 is 4.92 Å². The second kappa shape index (κ2) is 4.86. The Hall–Kier alpha value is -2.96. The van der Waals surface area contributed by atoms with Gasteiger partial charge in [-0.15, -0.1) is 0 Å². The Balaban J connectivity index is 2.25. The molecule has 0 unspecified atom stereocenters. The first-order chi connectivity index (χ1) is 10.1. The van der Waals surface area contributed by atoms with Crippen molar-refractivity contribution >= 4 is 22.5 Å². The van der Waals surface area contributed by atoms with E-state index in [1.54, 1.807) is 12.3 Å². The highest BCUT2D eigenvalue weighted by atomic mass is 16.6. The second-order valence-electron chi connectivity index (χ2n) is 4.56. The molecule has 2 N–H and O–H groups in total. The van der Waals surface area contributed by atoms with Crippen molar-refractivity contribution in [1.82, 2.24) is 14.5 Å². The van der Waals surface area contributed by atoms with Crippen LogP contribution in [0.15, 0.2) is 36.5 Å². The SMILES string of the molecule is CCn1c(-c2ccc(N)c([N+](=O)[O-])c2)nc2cccnc21. The van der Waals surface area contributed by atoms with Gasteiger partial charge >= 0.3 is 0 Å². The predicted octanol–water partition coefficient (Wildman–Crippen LogP) is 2.61. The number of pyridine rings is 1. The van der Waals surface area contributed by atoms with E-state index in [9.17, 15) is 10.1 Å². The van der Waals surface area contributed by atoms with Crippen LogP contribution in [0.2, 0.25) is 0 Å². The van der Waals surface area contributed by atoms with Crippen LogP contribution >= 0.6 is 0 Å². The molecular weight excluding hydrogens is 270 g/mol. The predicted molar refractivity (Wildman–Crippen MR) is 79.7 cm³/mol. The third-order valence-corrected chi connectivity index (χ3v) is 3.31. The number of fused-ring (bicyclic) bond motifs is 1. The van der Waals surface area contributed by atoms with Crippen molar-refractivity contribution < 1.29 is 4.92 Å². The van der Waals surface area contributed by atoms with Crippen molar-refractivity contribution in [2.75, 3.05) is 5.73 Å². The van der Waals surface area contributed by atoms with Gasteiger partial charge < -0.3 is 10.3 Å². The van der Waals surface area contributed by atoms with Crippen LogP contribution in [0.3, 0.4) is 0 Å². The third-order valence-electron chi connectivity index (χ3n) is 3.31. The number of nitrogens with two attached hydrogens (primary N) is 1. The zero-order chi connectivity index (χ0) is 15.0. The molecule has 1 aromatic carbocycles. The van der Waals surface area contributed by atoms with Gasteiger partial charge in [0.1, 0.15) is 17.0 Å². The lowest BCUT2D eigenvalue weighted by Gasteiger charge is -2.06. The summed E-state index contributed by atoms with van der Waals surface area (Å²) in [5.74, 6) is 0.648. The van der Waals surface area contributed by atoms with Gasteiger partial charge in [-0.25, -0.2) is 9.97 Å². The highest BCUT2D eigenvalue weighted by Crippen LogP contribution is 2.30. The largest absolute Gasteiger partial charge is 0.393 e. The van der Waals surface area contributed by atoms with Gasteiger partial charge in [0.25, 0.3) is 5.69 Å². The number of nitrogens with zero attached hydrogens (tertiary/aromatic N) is 4. The number of aromatic nitrogens is 3. The smallest absolute Gasteiger partial charge is 0.292 e. The molecule has 0 aliphatic carbocycles. The topological polar surface area (TPSA) is 99.9 Å². The average Bonchev–Trinajstić information content (AvgIpc) is 2.85. The van der Waals surface area contributed by atoms with Crippen LogP contribution in [0.5, 0.6) is 0 Å². The molecule has 106 valence electrons. The molecule has 7 nitrogen and oxygen atoms in total. The van der Waals surface area contributed by atoms with Crippen molar-refractivity contribution in [3.63, 3.8) is 0 Å². The lowest BCUT2D eigenvalue weighted by Crippen LogP contribution is -2.00.